The molecule has 0 aliphatic carbocycles. The van der Waals surface area contributed by atoms with Crippen molar-refractivity contribution in [3.05, 3.63) is 12.2 Å². The number of rotatable bonds is 6. The zero-order valence-corrected chi connectivity index (χ0v) is 11.4. The van der Waals surface area contributed by atoms with E-state index < -0.39 is 30.4 Å². The third kappa shape index (κ3) is 5.82. The van der Waals surface area contributed by atoms with Crippen LogP contribution < -0.4 is 0 Å². The van der Waals surface area contributed by atoms with Gasteiger partial charge in [-0.25, -0.2) is 0 Å². The Labute approximate surface area is 117 Å². The van der Waals surface area contributed by atoms with Gasteiger partial charge in [0.25, 0.3) is 0 Å². The fraction of sp³-hybridized carbons (Fsp3) is 0.615. The van der Waals surface area contributed by atoms with Crippen molar-refractivity contribution >= 4 is 11.9 Å². The van der Waals surface area contributed by atoms with E-state index in [2.05, 4.69) is 0 Å². The molecule has 0 radical (unpaired) electrons. The van der Waals surface area contributed by atoms with E-state index in [9.17, 15) is 9.59 Å². The van der Waals surface area contributed by atoms with Crippen LogP contribution in [0.25, 0.3) is 0 Å². The van der Waals surface area contributed by atoms with E-state index in [1.54, 1.807) is 12.2 Å². The molecule has 3 atom stereocenters. The van der Waals surface area contributed by atoms with Gasteiger partial charge >= 0.3 is 11.9 Å². The highest BCUT2D eigenvalue weighted by Crippen LogP contribution is 2.18. The number of nitriles is 1. The van der Waals surface area contributed by atoms with E-state index >= 15 is 0 Å². The van der Waals surface area contributed by atoms with Crippen molar-refractivity contribution in [2.45, 2.75) is 38.8 Å². The second kappa shape index (κ2) is 8.30. The summed E-state index contributed by atoms with van der Waals surface area (Å²) >= 11 is 0. The van der Waals surface area contributed by atoms with Crippen molar-refractivity contribution in [1.82, 2.24) is 0 Å². The molecule has 0 aromatic heterocycles. The largest absolute Gasteiger partial charge is 0.463 e. The van der Waals surface area contributed by atoms with E-state index in [-0.39, 0.29) is 19.6 Å². The van der Waals surface area contributed by atoms with Crippen LogP contribution in [-0.2, 0) is 28.5 Å². The van der Waals surface area contributed by atoms with Gasteiger partial charge in [0.1, 0.15) is 18.8 Å². The lowest BCUT2D eigenvalue weighted by atomic mass is 10.1. The van der Waals surface area contributed by atoms with Crippen LogP contribution in [0.5, 0.6) is 0 Å². The maximum Gasteiger partial charge on any atom is 0.303 e. The van der Waals surface area contributed by atoms with Crippen LogP contribution in [0.1, 0.15) is 20.3 Å². The molecule has 1 heterocycles. The highest BCUT2D eigenvalue weighted by Gasteiger charge is 2.30. The average Bonchev–Trinajstić information content (AvgIpc) is 2.38. The molecule has 0 N–H and O–H groups in total. The van der Waals surface area contributed by atoms with Gasteiger partial charge < -0.3 is 18.9 Å². The van der Waals surface area contributed by atoms with Crippen molar-refractivity contribution < 1.29 is 28.5 Å². The molecule has 0 saturated heterocycles. The first-order valence-electron chi connectivity index (χ1n) is 6.16. The summed E-state index contributed by atoms with van der Waals surface area (Å²) in [5, 5.41) is 8.43. The van der Waals surface area contributed by atoms with Crippen molar-refractivity contribution in [3.63, 3.8) is 0 Å². The molecular formula is C13H17NO6. The molecule has 20 heavy (non-hydrogen) atoms. The second-order valence-corrected chi connectivity index (χ2v) is 4.08. The molecule has 0 amide bonds. The van der Waals surface area contributed by atoms with Crippen molar-refractivity contribution in [2.75, 3.05) is 13.2 Å². The summed E-state index contributed by atoms with van der Waals surface area (Å²) in [6.45, 7) is 2.74. The quantitative estimate of drug-likeness (QED) is 0.402. The number of ether oxygens (including phenoxy) is 4. The maximum atomic E-state index is 11.0. The Balaban J connectivity index is 2.59. The van der Waals surface area contributed by atoms with Crippen molar-refractivity contribution in [3.8, 4) is 6.07 Å². The van der Waals surface area contributed by atoms with Gasteiger partial charge in [-0.1, -0.05) is 0 Å². The zero-order chi connectivity index (χ0) is 15.0. The Morgan fingerprint density at radius 3 is 2.65 bits per heavy atom. The number of carbonyl (C=O) groups is 2. The number of hydrogen-bond donors (Lipinski definition) is 0. The molecule has 0 fully saturated rings. The molecular weight excluding hydrogens is 266 g/mol. The van der Waals surface area contributed by atoms with E-state index in [4.69, 9.17) is 24.2 Å². The summed E-state index contributed by atoms with van der Waals surface area (Å²) in [7, 11) is 0. The zero-order valence-electron chi connectivity index (χ0n) is 11.4. The molecule has 0 bridgehead atoms. The van der Waals surface area contributed by atoms with Crippen LogP contribution in [0.15, 0.2) is 12.2 Å². The number of esters is 2. The smallest absolute Gasteiger partial charge is 0.303 e. The summed E-state index contributed by atoms with van der Waals surface area (Å²) in [5.41, 5.74) is 0. The van der Waals surface area contributed by atoms with Gasteiger partial charge in [0, 0.05) is 13.8 Å². The molecule has 110 valence electrons. The first-order valence-corrected chi connectivity index (χ1v) is 6.16. The number of hydrogen-bond acceptors (Lipinski definition) is 7. The van der Waals surface area contributed by atoms with Crippen LogP contribution in [-0.4, -0.2) is 43.7 Å². The summed E-state index contributed by atoms with van der Waals surface area (Å²) in [4.78, 5) is 21.8. The highest BCUT2D eigenvalue weighted by molar-refractivity contribution is 5.66. The molecule has 7 heteroatoms. The molecule has 0 saturated carbocycles. The average molecular weight is 283 g/mol. The van der Waals surface area contributed by atoms with Gasteiger partial charge in [-0.3, -0.25) is 9.59 Å². The monoisotopic (exact) mass is 283 g/mol. The Hall–Kier alpha value is -1.91. The predicted molar refractivity (Wildman–Crippen MR) is 66.2 cm³/mol. The van der Waals surface area contributed by atoms with Gasteiger partial charge in [0.05, 0.1) is 19.1 Å². The van der Waals surface area contributed by atoms with Crippen molar-refractivity contribution in [2.24, 2.45) is 0 Å². The fourth-order valence-electron chi connectivity index (χ4n) is 1.58. The first kappa shape index (κ1) is 16.1. The van der Waals surface area contributed by atoms with E-state index in [0.717, 1.165) is 0 Å². The minimum atomic E-state index is -0.657. The minimum Gasteiger partial charge on any atom is -0.463 e. The summed E-state index contributed by atoms with van der Waals surface area (Å²) in [5.74, 6) is -0.911. The Bertz CT molecular complexity index is 414. The number of carbonyl (C=O) groups excluding carboxylic acids is 2. The molecule has 3 unspecified atom stereocenters. The first-order chi connectivity index (χ1) is 9.52. The Morgan fingerprint density at radius 2 is 2.05 bits per heavy atom. The Kier molecular flexibility index (Phi) is 6.70. The second-order valence-electron chi connectivity index (χ2n) is 4.08. The lowest BCUT2D eigenvalue weighted by Gasteiger charge is -2.31. The maximum absolute atomic E-state index is 11.0. The third-order valence-corrected chi connectivity index (χ3v) is 2.38. The van der Waals surface area contributed by atoms with E-state index in [1.807, 2.05) is 6.07 Å². The third-order valence-electron chi connectivity index (χ3n) is 2.38. The standard InChI is InChI=1S/C13H17NO6/c1-9(15)18-8-12-11(19-10(2)16)4-5-13(20-12)17-7-3-6-14/h4-5,11-13H,3,7-8H2,1-2H3. The van der Waals surface area contributed by atoms with Gasteiger partial charge in [-0.15, -0.1) is 0 Å². The molecule has 0 aromatic carbocycles. The van der Waals surface area contributed by atoms with Crippen LogP contribution in [0.3, 0.4) is 0 Å². The molecule has 1 aliphatic rings. The van der Waals surface area contributed by atoms with Crippen LogP contribution >= 0.6 is 0 Å². The van der Waals surface area contributed by atoms with Crippen LogP contribution in [0.4, 0.5) is 0 Å². The lowest BCUT2D eigenvalue weighted by Crippen LogP contribution is -2.42. The van der Waals surface area contributed by atoms with Crippen LogP contribution in [0.2, 0.25) is 0 Å². The summed E-state index contributed by atoms with van der Waals surface area (Å²) < 4.78 is 20.8. The van der Waals surface area contributed by atoms with E-state index in [1.165, 1.54) is 13.8 Å². The summed E-state index contributed by atoms with van der Waals surface area (Å²) in [6.07, 6.45) is 1.53. The molecule has 0 aromatic rings. The molecule has 1 rings (SSSR count). The van der Waals surface area contributed by atoms with Gasteiger partial charge in [-0.05, 0) is 12.2 Å². The SMILES string of the molecule is CC(=O)OCC1OC(OCCC#N)C=CC1OC(C)=O. The number of nitrogens with zero attached hydrogens (tertiary/aromatic N) is 1. The fourth-order valence-corrected chi connectivity index (χ4v) is 1.58. The highest BCUT2D eigenvalue weighted by atomic mass is 16.7. The van der Waals surface area contributed by atoms with Gasteiger partial charge in [-0.2, -0.15) is 5.26 Å². The van der Waals surface area contributed by atoms with Crippen molar-refractivity contribution in [1.29, 1.82) is 5.26 Å². The topological polar surface area (TPSA) is 94.9 Å². The van der Waals surface area contributed by atoms with Gasteiger partial charge in [0.15, 0.2) is 6.29 Å². The summed E-state index contributed by atoms with van der Waals surface area (Å²) in [6, 6.07) is 1.95. The van der Waals surface area contributed by atoms with Gasteiger partial charge in [0.2, 0.25) is 0 Å². The van der Waals surface area contributed by atoms with Crippen LogP contribution in [0, 0.1) is 11.3 Å². The molecule has 0 spiro atoms. The lowest BCUT2D eigenvalue weighted by molar-refractivity contribution is -0.196. The molecule has 7 nitrogen and oxygen atoms in total. The normalized spacial score (nSPS) is 24.8. The predicted octanol–water partition coefficient (Wildman–Crippen LogP) is 0.693. The molecule has 1 aliphatic heterocycles. The van der Waals surface area contributed by atoms with E-state index in [0.29, 0.717) is 0 Å². The Morgan fingerprint density at radius 1 is 1.30 bits per heavy atom. The minimum absolute atomic E-state index is 0.0459.